The maximum Gasteiger partial charge on any atom is 0.573 e. The van der Waals surface area contributed by atoms with Crippen molar-refractivity contribution in [2.24, 2.45) is 5.84 Å². The average Bonchev–Trinajstić information content (AvgIpc) is 2.25. The molecule has 1 unspecified atom stereocenters. The lowest BCUT2D eigenvalue weighted by Gasteiger charge is -2.15. The summed E-state index contributed by atoms with van der Waals surface area (Å²) in [5, 5.41) is 0. The SMILES string of the molecule is C=CCC(NN)c1ccc(OC(F)(F)F)cc1. The lowest BCUT2D eigenvalue weighted by atomic mass is 10.0. The summed E-state index contributed by atoms with van der Waals surface area (Å²) in [5.41, 5.74) is 3.32. The van der Waals surface area contributed by atoms with Gasteiger partial charge in [-0.25, -0.2) is 0 Å². The van der Waals surface area contributed by atoms with Crippen molar-refractivity contribution < 1.29 is 17.9 Å². The second-order valence-electron chi connectivity index (χ2n) is 3.36. The van der Waals surface area contributed by atoms with Gasteiger partial charge in [-0.1, -0.05) is 18.2 Å². The molecule has 1 aromatic carbocycles. The molecular weight excluding hydrogens is 233 g/mol. The monoisotopic (exact) mass is 246 g/mol. The van der Waals surface area contributed by atoms with Gasteiger partial charge in [-0.15, -0.1) is 19.8 Å². The standard InChI is InChI=1S/C11H13F3N2O/c1-2-3-10(16-15)8-4-6-9(7-5-8)17-11(12,13)14/h2,4-7,10,16H,1,3,15H2. The zero-order valence-electron chi connectivity index (χ0n) is 9.00. The summed E-state index contributed by atoms with van der Waals surface area (Å²) >= 11 is 0. The van der Waals surface area contributed by atoms with Gasteiger partial charge in [0.15, 0.2) is 0 Å². The highest BCUT2D eigenvalue weighted by Crippen LogP contribution is 2.25. The molecule has 0 saturated carbocycles. The fourth-order valence-corrected chi connectivity index (χ4v) is 1.37. The molecule has 0 saturated heterocycles. The molecule has 3 nitrogen and oxygen atoms in total. The number of halogens is 3. The Morgan fingerprint density at radius 1 is 1.35 bits per heavy atom. The molecule has 0 spiro atoms. The highest BCUT2D eigenvalue weighted by molar-refractivity contribution is 5.29. The first-order valence-electron chi connectivity index (χ1n) is 4.89. The second-order valence-corrected chi connectivity index (χ2v) is 3.36. The summed E-state index contributed by atoms with van der Waals surface area (Å²) < 4.78 is 39.5. The zero-order valence-corrected chi connectivity index (χ0v) is 9.00. The summed E-state index contributed by atoms with van der Waals surface area (Å²) in [6, 6.07) is 5.36. The van der Waals surface area contributed by atoms with Crippen molar-refractivity contribution in [3.8, 4) is 5.75 Å². The van der Waals surface area contributed by atoms with E-state index < -0.39 is 6.36 Å². The Hall–Kier alpha value is -1.53. The number of hydrogen-bond acceptors (Lipinski definition) is 3. The van der Waals surface area contributed by atoms with Gasteiger partial charge in [0, 0.05) is 6.04 Å². The van der Waals surface area contributed by atoms with Gasteiger partial charge < -0.3 is 4.74 Å². The minimum Gasteiger partial charge on any atom is -0.406 e. The van der Waals surface area contributed by atoms with Crippen LogP contribution in [-0.4, -0.2) is 6.36 Å². The molecular formula is C11H13F3N2O. The van der Waals surface area contributed by atoms with Crippen LogP contribution in [0.15, 0.2) is 36.9 Å². The average molecular weight is 246 g/mol. The molecule has 0 aromatic heterocycles. The predicted molar refractivity (Wildman–Crippen MR) is 58.0 cm³/mol. The molecule has 0 amide bonds. The highest BCUT2D eigenvalue weighted by Gasteiger charge is 2.31. The molecule has 1 atom stereocenters. The summed E-state index contributed by atoms with van der Waals surface area (Å²) in [6.07, 6.45) is -2.42. The summed E-state index contributed by atoms with van der Waals surface area (Å²) in [5.74, 6) is 5.07. The van der Waals surface area contributed by atoms with E-state index in [2.05, 4.69) is 16.7 Å². The first kappa shape index (κ1) is 13.5. The second kappa shape index (κ2) is 5.70. The van der Waals surface area contributed by atoms with Crippen molar-refractivity contribution in [2.75, 3.05) is 0 Å². The van der Waals surface area contributed by atoms with E-state index in [0.717, 1.165) is 5.56 Å². The lowest BCUT2D eigenvalue weighted by molar-refractivity contribution is -0.274. The summed E-state index contributed by atoms with van der Waals surface area (Å²) in [4.78, 5) is 0. The van der Waals surface area contributed by atoms with Crippen molar-refractivity contribution >= 4 is 0 Å². The van der Waals surface area contributed by atoms with Gasteiger partial charge >= 0.3 is 6.36 Å². The van der Waals surface area contributed by atoms with Gasteiger partial charge in [-0.3, -0.25) is 11.3 Å². The van der Waals surface area contributed by atoms with Gasteiger partial charge in [-0.2, -0.15) is 0 Å². The van der Waals surface area contributed by atoms with E-state index in [1.807, 2.05) is 0 Å². The molecule has 1 rings (SSSR count). The summed E-state index contributed by atoms with van der Waals surface area (Å²) in [6.45, 7) is 3.57. The Bertz CT molecular complexity index is 362. The third kappa shape index (κ3) is 4.46. The lowest BCUT2D eigenvalue weighted by Crippen LogP contribution is -2.27. The number of hydrazine groups is 1. The Labute approximate surface area is 97.0 Å². The predicted octanol–water partition coefficient (Wildman–Crippen LogP) is 2.67. The van der Waals surface area contributed by atoms with Gasteiger partial charge in [0.2, 0.25) is 0 Å². The molecule has 17 heavy (non-hydrogen) atoms. The fourth-order valence-electron chi connectivity index (χ4n) is 1.37. The maximum atomic E-state index is 11.9. The van der Waals surface area contributed by atoms with E-state index in [4.69, 9.17) is 5.84 Å². The number of nitrogens with one attached hydrogen (secondary N) is 1. The molecule has 0 heterocycles. The Balaban J connectivity index is 2.76. The zero-order chi connectivity index (χ0) is 12.9. The van der Waals surface area contributed by atoms with Crippen molar-refractivity contribution in [3.05, 3.63) is 42.5 Å². The first-order chi connectivity index (χ1) is 7.96. The van der Waals surface area contributed by atoms with E-state index >= 15 is 0 Å². The van der Waals surface area contributed by atoms with Crippen LogP contribution in [0.4, 0.5) is 13.2 Å². The molecule has 0 aliphatic heterocycles. The topological polar surface area (TPSA) is 47.3 Å². The van der Waals surface area contributed by atoms with Crippen LogP contribution in [-0.2, 0) is 0 Å². The normalized spacial score (nSPS) is 13.2. The Kier molecular flexibility index (Phi) is 4.53. The van der Waals surface area contributed by atoms with Crippen LogP contribution in [0.1, 0.15) is 18.0 Å². The van der Waals surface area contributed by atoms with Crippen molar-refractivity contribution in [2.45, 2.75) is 18.8 Å². The minimum atomic E-state index is -4.67. The van der Waals surface area contributed by atoms with Crippen molar-refractivity contribution in [1.82, 2.24) is 5.43 Å². The van der Waals surface area contributed by atoms with E-state index in [0.29, 0.717) is 6.42 Å². The molecule has 0 radical (unpaired) electrons. The van der Waals surface area contributed by atoms with Crippen LogP contribution in [0, 0.1) is 0 Å². The van der Waals surface area contributed by atoms with E-state index in [9.17, 15) is 13.2 Å². The van der Waals surface area contributed by atoms with E-state index in [1.165, 1.54) is 24.3 Å². The first-order valence-corrected chi connectivity index (χ1v) is 4.89. The third-order valence-electron chi connectivity index (χ3n) is 2.12. The number of rotatable bonds is 5. The molecule has 3 N–H and O–H groups in total. The quantitative estimate of drug-likeness (QED) is 0.477. The van der Waals surface area contributed by atoms with Crippen LogP contribution in [0.25, 0.3) is 0 Å². The molecule has 1 aromatic rings. The van der Waals surface area contributed by atoms with Gasteiger partial charge in [0.25, 0.3) is 0 Å². The van der Waals surface area contributed by atoms with Gasteiger partial charge in [0.05, 0.1) is 0 Å². The number of alkyl halides is 3. The number of hydrogen-bond donors (Lipinski definition) is 2. The third-order valence-corrected chi connectivity index (χ3v) is 2.12. The summed E-state index contributed by atoms with van der Waals surface area (Å²) in [7, 11) is 0. The van der Waals surface area contributed by atoms with Crippen molar-refractivity contribution in [1.29, 1.82) is 0 Å². The molecule has 6 heteroatoms. The number of nitrogens with two attached hydrogens (primary N) is 1. The fraction of sp³-hybridized carbons (Fsp3) is 0.273. The van der Waals surface area contributed by atoms with Crippen LogP contribution in [0.2, 0.25) is 0 Å². The molecule has 0 aliphatic carbocycles. The molecule has 0 bridgehead atoms. The largest absolute Gasteiger partial charge is 0.573 e. The highest BCUT2D eigenvalue weighted by atomic mass is 19.4. The van der Waals surface area contributed by atoms with Crippen LogP contribution < -0.4 is 16.0 Å². The van der Waals surface area contributed by atoms with Gasteiger partial charge in [0.1, 0.15) is 5.75 Å². The van der Waals surface area contributed by atoms with Crippen molar-refractivity contribution in [3.63, 3.8) is 0 Å². The Morgan fingerprint density at radius 2 is 1.94 bits per heavy atom. The van der Waals surface area contributed by atoms with Crippen LogP contribution >= 0.6 is 0 Å². The maximum absolute atomic E-state index is 11.9. The van der Waals surface area contributed by atoms with Crippen LogP contribution in [0.3, 0.4) is 0 Å². The molecule has 94 valence electrons. The van der Waals surface area contributed by atoms with E-state index in [-0.39, 0.29) is 11.8 Å². The smallest absolute Gasteiger partial charge is 0.406 e. The minimum absolute atomic E-state index is 0.174. The molecule has 0 aliphatic rings. The van der Waals surface area contributed by atoms with Crippen LogP contribution in [0.5, 0.6) is 5.75 Å². The van der Waals surface area contributed by atoms with E-state index in [1.54, 1.807) is 6.08 Å². The number of ether oxygens (including phenoxy) is 1. The molecule has 0 fully saturated rings. The number of benzene rings is 1. The Morgan fingerprint density at radius 3 is 2.35 bits per heavy atom. The van der Waals surface area contributed by atoms with Gasteiger partial charge in [-0.05, 0) is 24.1 Å².